The van der Waals surface area contributed by atoms with Crippen LogP contribution in [0.2, 0.25) is 0 Å². The minimum Gasteiger partial charge on any atom is -0.271 e. The number of hydrazine groups is 1. The number of hydrogen-bond acceptors (Lipinski definition) is 5. The molecule has 0 spiro atoms. The van der Waals surface area contributed by atoms with Crippen LogP contribution in [0.15, 0.2) is 0 Å². The van der Waals surface area contributed by atoms with Crippen molar-refractivity contribution < 1.29 is 0 Å². The third-order valence-corrected chi connectivity index (χ3v) is 4.03. The molecule has 0 amide bonds. The van der Waals surface area contributed by atoms with E-state index in [2.05, 4.69) is 21.9 Å². The molecule has 1 aromatic rings. The van der Waals surface area contributed by atoms with E-state index in [-0.39, 0.29) is 6.04 Å². The predicted octanol–water partition coefficient (Wildman–Crippen LogP) is 2.19. The SMILES string of the molecule is CCCc1nnsc1C(CCC1CC1)NN. The van der Waals surface area contributed by atoms with Crippen molar-refractivity contribution in [1.82, 2.24) is 15.0 Å². The number of hydrogen-bond donors (Lipinski definition) is 2. The van der Waals surface area contributed by atoms with Crippen LogP contribution in [0, 0.1) is 5.92 Å². The highest BCUT2D eigenvalue weighted by atomic mass is 32.1. The topological polar surface area (TPSA) is 63.8 Å². The molecular formula is C11H20N4S. The lowest BCUT2D eigenvalue weighted by molar-refractivity contribution is 0.484. The highest BCUT2D eigenvalue weighted by Crippen LogP contribution is 2.36. The van der Waals surface area contributed by atoms with Gasteiger partial charge in [0, 0.05) is 0 Å². The van der Waals surface area contributed by atoms with Crippen LogP contribution in [0.4, 0.5) is 0 Å². The van der Waals surface area contributed by atoms with E-state index in [4.69, 9.17) is 5.84 Å². The van der Waals surface area contributed by atoms with Crippen LogP contribution in [-0.2, 0) is 6.42 Å². The average molecular weight is 240 g/mol. The molecule has 0 saturated heterocycles. The number of nitrogens with zero attached hydrogens (tertiary/aromatic N) is 2. The second kappa shape index (κ2) is 5.70. The van der Waals surface area contributed by atoms with Crippen LogP contribution >= 0.6 is 11.5 Å². The first kappa shape index (κ1) is 12.0. The van der Waals surface area contributed by atoms with Crippen molar-refractivity contribution in [2.24, 2.45) is 11.8 Å². The molecule has 1 fully saturated rings. The summed E-state index contributed by atoms with van der Waals surface area (Å²) in [6, 6.07) is 0.252. The molecular weight excluding hydrogens is 220 g/mol. The van der Waals surface area contributed by atoms with Crippen molar-refractivity contribution in [3.05, 3.63) is 10.6 Å². The van der Waals surface area contributed by atoms with Gasteiger partial charge in [-0.05, 0) is 36.7 Å². The average Bonchev–Trinajstić information content (AvgIpc) is 3.01. The number of nitrogens with one attached hydrogen (secondary N) is 1. The van der Waals surface area contributed by atoms with E-state index in [1.54, 1.807) is 0 Å². The zero-order valence-electron chi connectivity index (χ0n) is 9.78. The molecule has 1 aliphatic rings. The van der Waals surface area contributed by atoms with Gasteiger partial charge >= 0.3 is 0 Å². The van der Waals surface area contributed by atoms with Crippen LogP contribution in [-0.4, -0.2) is 9.59 Å². The summed E-state index contributed by atoms with van der Waals surface area (Å²) in [4.78, 5) is 1.24. The maximum Gasteiger partial charge on any atom is 0.0804 e. The predicted molar refractivity (Wildman–Crippen MR) is 65.9 cm³/mol. The molecule has 2 rings (SSSR count). The Morgan fingerprint density at radius 2 is 2.38 bits per heavy atom. The Hall–Kier alpha value is -0.520. The Kier molecular flexibility index (Phi) is 4.26. The van der Waals surface area contributed by atoms with Crippen molar-refractivity contribution in [3.63, 3.8) is 0 Å². The summed E-state index contributed by atoms with van der Waals surface area (Å²) in [6.45, 7) is 2.16. The van der Waals surface area contributed by atoms with Crippen LogP contribution in [0.1, 0.15) is 55.6 Å². The molecule has 1 atom stereocenters. The molecule has 0 bridgehead atoms. The molecule has 1 saturated carbocycles. The van der Waals surface area contributed by atoms with Gasteiger partial charge in [0.1, 0.15) is 0 Å². The van der Waals surface area contributed by atoms with Gasteiger partial charge in [0.25, 0.3) is 0 Å². The van der Waals surface area contributed by atoms with Crippen LogP contribution < -0.4 is 11.3 Å². The Morgan fingerprint density at radius 3 is 3.00 bits per heavy atom. The van der Waals surface area contributed by atoms with Gasteiger partial charge in [-0.3, -0.25) is 11.3 Å². The Morgan fingerprint density at radius 1 is 1.56 bits per heavy atom. The first-order valence-corrected chi connectivity index (χ1v) is 6.89. The van der Waals surface area contributed by atoms with E-state index in [0.29, 0.717) is 0 Å². The van der Waals surface area contributed by atoms with Crippen molar-refractivity contribution in [2.75, 3.05) is 0 Å². The molecule has 5 heteroatoms. The lowest BCUT2D eigenvalue weighted by atomic mass is 10.1. The third kappa shape index (κ3) is 2.99. The van der Waals surface area contributed by atoms with Gasteiger partial charge in [0.15, 0.2) is 0 Å². The molecule has 0 aromatic carbocycles. The number of nitrogens with two attached hydrogens (primary N) is 1. The van der Waals surface area contributed by atoms with Gasteiger partial charge in [-0.2, -0.15) is 0 Å². The first-order valence-electron chi connectivity index (χ1n) is 6.12. The summed E-state index contributed by atoms with van der Waals surface area (Å²) in [5.41, 5.74) is 4.05. The normalized spacial score (nSPS) is 17.6. The minimum atomic E-state index is 0.252. The van der Waals surface area contributed by atoms with Gasteiger partial charge in [-0.1, -0.05) is 30.7 Å². The summed E-state index contributed by atoms with van der Waals surface area (Å²) in [5, 5.41) is 4.19. The minimum absolute atomic E-state index is 0.252. The van der Waals surface area contributed by atoms with Crippen LogP contribution in [0.5, 0.6) is 0 Å². The molecule has 16 heavy (non-hydrogen) atoms. The van der Waals surface area contributed by atoms with Crippen molar-refractivity contribution in [1.29, 1.82) is 0 Å². The van der Waals surface area contributed by atoms with E-state index in [0.717, 1.165) is 30.9 Å². The van der Waals surface area contributed by atoms with Crippen molar-refractivity contribution in [3.8, 4) is 0 Å². The maximum absolute atomic E-state index is 5.64. The first-order chi connectivity index (χ1) is 7.85. The summed E-state index contributed by atoms with van der Waals surface area (Å²) in [5.74, 6) is 6.59. The zero-order valence-corrected chi connectivity index (χ0v) is 10.6. The maximum atomic E-state index is 5.64. The standard InChI is InChI=1S/C11H20N4S/c1-2-3-10-11(16-15-14-10)9(13-12)7-6-8-4-5-8/h8-9,13H,2-7,12H2,1H3. The fourth-order valence-corrected chi connectivity index (χ4v) is 2.78. The Bertz CT molecular complexity index is 322. The van der Waals surface area contributed by atoms with E-state index in [1.165, 1.54) is 35.7 Å². The quantitative estimate of drug-likeness (QED) is 0.566. The zero-order chi connectivity index (χ0) is 11.4. The van der Waals surface area contributed by atoms with Gasteiger partial charge in [-0.25, -0.2) is 0 Å². The van der Waals surface area contributed by atoms with Crippen LogP contribution in [0.25, 0.3) is 0 Å². The lowest BCUT2D eigenvalue weighted by Gasteiger charge is -2.14. The van der Waals surface area contributed by atoms with Gasteiger partial charge < -0.3 is 0 Å². The molecule has 0 radical (unpaired) electrons. The smallest absolute Gasteiger partial charge is 0.0804 e. The van der Waals surface area contributed by atoms with Gasteiger partial charge in [0.2, 0.25) is 0 Å². The number of aryl methyl sites for hydroxylation is 1. The molecule has 1 aromatic heterocycles. The molecule has 1 unspecified atom stereocenters. The highest BCUT2D eigenvalue weighted by Gasteiger charge is 2.24. The fourth-order valence-electron chi connectivity index (χ4n) is 1.99. The monoisotopic (exact) mass is 240 g/mol. The van der Waals surface area contributed by atoms with Gasteiger partial charge in [0.05, 0.1) is 16.6 Å². The van der Waals surface area contributed by atoms with Crippen molar-refractivity contribution >= 4 is 11.5 Å². The summed E-state index contributed by atoms with van der Waals surface area (Å²) >= 11 is 1.49. The van der Waals surface area contributed by atoms with E-state index in [1.807, 2.05) is 0 Å². The second-order valence-electron chi connectivity index (χ2n) is 4.57. The Labute approximate surface area is 101 Å². The van der Waals surface area contributed by atoms with E-state index < -0.39 is 0 Å². The molecule has 0 aliphatic heterocycles. The lowest BCUT2D eigenvalue weighted by Crippen LogP contribution is -2.28. The molecule has 90 valence electrons. The third-order valence-electron chi connectivity index (χ3n) is 3.15. The van der Waals surface area contributed by atoms with Crippen LogP contribution in [0.3, 0.4) is 0 Å². The summed E-state index contributed by atoms with van der Waals surface area (Å²) in [6.07, 6.45) is 7.31. The van der Waals surface area contributed by atoms with Crippen molar-refractivity contribution in [2.45, 2.75) is 51.5 Å². The van der Waals surface area contributed by atoms with E-state index in [9.17, 15) is 0 Å². The number of rotatable bonds is 7. The second-order valence-corrected chi connectivity index (χ2v) is 5.36. The van der Waals surface area contributed by atoms with Gasteiger partial charge in [-0.15, -0.1) is 5.10 Å². The largest absolute Gasteiger partial charge is 0.271 e. The fraction of sp³-hybridized carbons (Fsp3) is 0.818. The molecule has 4 nitrogen and oxygen atoms in total. The highest BCUT2D eigenvalue weighted by molar-refractivity contribution is 7.05. The number of aromatic nitrogens is 2. The molecule has 3 N–H and O–H groups in total. The molecule has 1 aliphatic carbocycles. The van der Waals surface area contributed by atoms with E-state index >= 15 is 0 Å². The Balaban J connectivity index is 1.96. The summed E-state index contributed by atoms with van der Waals surface area (Å²) < 4.78 is 4.05. The molecule has 1 heterocycles. The summed E-state index contributed by atoms with van der Waals surface area (Å²) in [7, 11) is 0.